The van der Waals surface area contributed by atoms with Crippen LogP contribution in [-0.4, -0.2) is 35.7 Å². The van der Waals surface area contributed by atoms with E-state index in [1.807, 2.05) is 0 Å². The van der Waals surface area contributed by atoms with E-state index in [9.17, 15) is 21.6 Å². The van der Waals surface area contributed by atoms with Crippen molar-refractivity contribution >= 4 is 15.5 Å². The molecule has 0 aliphatic rings. The molecule has 2 aromatic rings. The molecule has 6 nitrogen and oxygen atoms in total. The molecule has 0 saturated carbocycles. The lowest BCUT2D eigenvalue weighted by atomic mass is 10.3. The number of para-hydroxylation sites is 1. The first-order valence-electron chi connectivity index (χ1n) is 5.81. The van der Waals surface area contributed by atoms with Gasteiger partial charge in [-0.3, -0.25) is 5.10 Å². The molecule has 0 radical (unpaired) electrons. The topological polar surface area (TPSA) is 87.7 Å². The van der Waals surface area contributed by atoms with Crippen molar-refractivity contribution in [3.63, 3.8) is 0 Å². The Bertz CT molecular complexity index is 699. The van der Waals surface area contributed by atoms with Crippen molar-refractivity contribution in [2.24, 2.45) is 0 Å². The highest BCUT2D eigenvalue weighted by atomic mass is 32.2. The molecule has 2 rings (SSSR count). The predicted molar refractivity (Wildman–Crippen MR) is 68.3 cm³/mol. The van der Waals surface area contributed by atoms with E-state index in [0.717, 1.165) is 6.07 Å². The summed E-state index contributed by atoms with van der Waals surface area (Å²) in [5.74, 6) is 0.540. The van der Waals surface area contributed by atoms with E-state index in [-0.39, 0.29) is 12.2 Å². The largest absolute Gasteiger partial charge is 0.501 e. The van der Waals surface area contributed by atoms with Crippen LogP contribution < -0.4 is 5.32 Å². The summed E-state index contributed by atoms with van der Waals surface area (Å²) in [6.45, 7) is 0.208. The first-order chi connectivity index (χ1) is 9.82. The van der Waals surface area contributed by atoms with Gasteiger partial charge in [0, 0.05) is 13.0 Å². The first-order valence-corrected chi connectivity index (χ1v) is 7.29. The average molecular weight is 320 g/mol. The van der Waals surface area contributed by atoms with E-state index in [2.05, 4.69) is 20.5 Å². The Morgan fingerprint density at radius 1 is 1.24 bits per heavy atom. The normalized spacial score (nSPS) is 12.3. The summed E-state index contributed by atoms with van der Waals surface area (Å²) in [5, 5.41) is 8.88. The van der Waals surface area contributed by atoms with E-state index < -0.39 is 20.2 Å². The van der Waals surface area contributed by atoms with Crippen LogP contribution in [0.15, 0.2) is 35.5 Å². The van der Waals surface area contributed by atoms with Crippen LogP contribution in [0.5, 0.6) is 0 Å². The smallest absolute Gasteiger partial charge is 0.384 e. The zero-order valence-electron chi connectivity index (χ0n) is 10.6. The summed E-state index contributed by atoms with van der Waals surface area (Å²) >= 11 is 0. The van der Waals surface area contributed by atoms with Gasteiger partial charge in [-0.2, -0.15) is 18.3 Å². The zero-order valence-corrected chi connectivity index (χ0v) is 11.4. The van der Waals surface area contributed by atoms with Crippen molar-refractivity contribution in [2.75, 3.05) is 11.9 Å². The van der Waals surface area contributed by atoms with E-state index in [1.165, 1.54) is 24.5 Å². The molecule has 114 valence electrons. The van der Waals surface area contributed by atoms with Crippen molar-refractivity contribution in [1.29, 1.82) is 0 Å². The molecule has 0 aliphatic heterocycles. The molecule has 10 heteroatoms. The maximum absolute atomic E-state index is 12.6. The van der Waals surface area contributed by atoms with Gasteiger partial charge < -0.3 is 5.32 Å². The van der Waals surface area contributed by atoms with Gasteiger partial charge in [0.2, 0.25) is 0 Å². The van der Waals surface area contributed by atoms with Gasteiger partial charge in [0.25, 0.3) is 9.84 Å². The van der Waals surface area contributed by atoms with Gasteiger partial charge in [0.1, 0.15) is 12.2 Å². The summed E-state index contributed by atoms with van der Waals surface area (Å²) in [5.41, 5.74) is -5.44. The fourth-order valence-corrected chi connectivity index (χ4v) is 2.58. The van der Waals surface area contributed by atoms with Gasteiger partial charge in [-0.05, 0) is 12.1 Å². The number of aromatic nitrogens is 3. The third-order valence-corrected chi connectivity index (χ3v) is 4.17. The number of hydrogen-bond donors (Lipinski definition) is 2. The summed E-state index contributed by atoms with van der Waals surface area (Å²) in [7, 11) is -5.39. The molecule has 0 amide bonds. The molecule has 2 N–H and O–H groups in total. The number of sulfone groups is 1. The maximum atomic E-state index is 12.6. The van der Waals surface area contributed by atoms with Crippen molar-refractivity contribution < 1.29 is 21.6 Å². The fourth-order valence-electron chi connectivity index (χ4n) is 1.64. The molecule has 0 spiro atoms. The Labute approximate surface area is 118 Å². The van der Waals surface area contributed by atoms with E-state index >= 15 is 0 Å². The molecule has 1 aromatic heterocycles. The SMILES string of the molecule is O=S(=O)(c1ccccc1NCCc1ncn[nH]1)C(F)(F)F. The average Bonchev–Trinajstić information content (AvgIpc) is 2.91. The number of nitrogens with zero attached hydrogens (tertiary/aromatic N) is 2. The number of nitrogens with one attached hydrogen (secondary N) is 2. The Morgan fingerprint density at radius 3 is 2.57 bits per heavy atom. The summed E-state index contributed by atoms with van der Waals surface area (Å²) in [6, 6.07) is 4.88. The second-order valence-electron chi connectivity index (χ2n) is 4.05. The van der Waals surface area contributed by atoms with Crippen LogP contribution in [0.1, 0.15) is 5.82 Å². The number of aromatic amines is 1. The number of hydrogen-bond acceptors (Lipinski definition) is 5. The number of benzene rings is 1. The van der Waals surface area contributed by atoms with Crippen LogP contribution in [0.3, 0.4) is 0 Å². The number of alkyl halides is 3. The zero-order chi connectivity index (χ0) is 15.5. The third-order valence-electron chi connectivity index (χ3n) is 2.62. The number of halogens is 3. The molecular formula is C11H11F3N4O2S. The van der Waals surface area contributed by atoms with Crippen LogP contribution in [0.4, 0.5) is 18.9 Å². The van der Waals surface area contributed by atoms with Gasteiger partial charge in [-0.1, -0.05) is 12.1 Å². The highest BCUT2D eigenvalue weighted by molar-refractivity contribution is 7.92. The lowest BCUT2D eigenvalue weighted by Gasteiger charge is -2.13. The molecule has 0 aliphatic carbocycles. The van der Waals surface area contributed by atoms with E-state index in [0.29, 0.717) is 12.2 Å². The molecule has 1 aromatic carbocycles. The van der Waals surface area contributed by atoms with Crippen molar-refractivity contribution in [3.05, 3.63) is 36.4 Å². The van der Waals surface area contributed by atoms with Crippen LogP contribution in [0.25, 0.3) is 0 Å². The van der Waals surface area contributed by atoms with Gasteiger partial charge in [0.05, 0.1) is 10.6 Å². The molecule has 1 heterocycles. The number of H-pyrrole nitrogens is 1. The van der Waals surface area contributed by atoms with Crippen molar-refractivity contribution in [3.8, 4) is 0 Å². The molecule has 0 unspecified atom stereocenters. The van der Waals surface area contributed by atoms with Gasteiger partial charge in [-0.25, -0.2) is 13.4 Å². The van der Waals surface area contributed by atoms with Gasteiger partial charge in [0.15, 0.2) is 0 Å². The highest BCUT2D eigenvalue weighted by Crippen LogP contribution is 2.34. The molecule has 0 bridgehead atoms. The number of anilines is 1. The minimum atomic E-state index is -5.39. The Morgan fingerprint density at radius 2 is 1.95 bits per heavy atom. The summed E-state index contributed by atoms with van der Waals surface area (Å²) in [4.78, 5) is 3.06. The summed E-state index contributed by atoms with van der Waals surface area (Å²) < 4.78 is 60.8. The van der Waals surface area contributed by atoms with Crippen LogP contribution in [0, 0.1) is 0 Å². The molecular weight excluding hydrogens is 309 g/mol. The Balaban J connectivity index is 2.18. The first kappa shape index (κ1) is 15.3. The monoisotopic (exact) mass is 320 g/mol. The van der Waals surface area contributed by atoms with Gasteiger partial charge in [-0.15, -0.1) is 0 Å². The lowest BCUT2D eigenvalue weighted by molar-refractivity contribution is -0.0435. The summed E-state index contributed by atoms with van der Waals surface area (Å²) in [6.07, 6.45) is 1.66. The molecule has 21 heavy (non-hydrogen) atoms. The van der Waals surface area contributed by atoms with Crippen molar-refractivity contribution in [2.45, 2.75) is 16.8 Å². The maximum Gasteiger partial charge on any atom is 0.501 e. The second kappa shape index (κ2) is 5.72. The Kier molecular flexibility index (Phi) is 4.16. The van der Waals surface area contributed by atoms with Crippen LogP contribution in [0.2, 0.25) is 0 Å². The lowest BCUT2D eigenvalue weighted by Crippen LogP contribution is -2.24. The molecule has 0 atom stereocenters. The molecule has 0 fully saturated rings. The predicted octanol–water partition coefficient (Wildman–Crippen LogP) is 1.75. The van der Waals surface area contributed by atoms with Crippen molar-refractivity contribution in [1.82, 2.24) is 15.2 Å². The minimum absolute atomic E-state index is 0.102. The fraction of sp³-hybridized carbons (Fsp3) is 0.273. The quantitative estimate of drug-likeness (QED) is 0.876. The Hall–Kier alpha value is -2.10. The molecule has 0 saturated heterocycles. The third kappa shape index (κ3) is 3.32. The van der Waals surface area contributed by atoms with Crippen LogP contribution in [-0.2, 0) is 16.3 Å². The van der Waals surface area contributed by atoms with Gasteiger partial charge >= 0.3 is 5.51 Å². The van der Waals surface area contributed by atoms with E-state index in [4.69, 9.17) is 0 Å². The standard InChI is InChI=1S/C11H11F3N4O2S/c12-11(13,14)21(19,20)9-4-2-1-3-8(9)15-6-5-10-16-7-17-18-10/h1-4,7,15H,5-6H2,(H,16,17,18). The minimum Gasteiger partial charge on any atom is -0.384 e. The van der Waals surface area contributed by atoms with E-state index in [1.54, 1.807) is 0 Å². The van der Waals surface area contributed by atoms with Crippen LogP contribution >= 0.6 is 0 Å². The number of rotatable bonds is 5. The highest BCUT2D eigenvalue weighted by Gasteiger charge is 2.47. The second-order valence-corrected chi connectivity index (χ2v) is 5.96.